The molecule has 13 heteroatoms. The van der Waals surface area contributed by atoms with Gasteiger partial charge in [0.25, 0.3) is 0 Å². The maximum atomic E-state index is 13.9. The zero-order valence-corrected chi connectivity index (χ0v) is 25.9. The monoisotopic (exact) mass is 628 g/mol. The fourth-order valence-corrected chi connectivity index (χ4v) is 5.61. The van der Waals surface area contributed by atoms with Gasteiger partial charge < -0.3 is 28.7 Å². The van der Waals surface area contributed by atoms with E-state index in [1.807, 2.05) is 4.57 Å². The number of hydrogen-bond donors (Lipinski definition) is 2. The molecule has 1 aliphatic carbocycles. The number of ether oxygens (including phenoxy) is 3. The second kappa shape index (κ2) is 12.7. The molecule has 1 fully saturated rings. The van der Waals surface area contributed by atoms with E-state index in [0.29, 0.717) is 29.9 Å². The molecule has 2 unspecified atom stereocenters. The lowest BCUT2D eigenvalue weighted by Crippen LogP contribution is -2.47. The second-order valence-corrected chi connectivity index (χ2v) is 12.3. The number of carbonyl (C=O) groups excluding carboxylic acids is 3. The summed E-state index contributed by atoms with van der Waals surface area (Å²) >= 11 is 0. The quantitative estimate of drug-likeness (QED) is 0.301. The van der Waals surface area contributed by atoms with E-state index in [1.54, 1.807) is 51.4 Å². The number of halogens is 2. The summed E-state index contributed by atoms with van der Waals surface area (Å²) in [7, 11) is 0. The van der Waals surface area contributed by atoms with Crippen LogP contribution in [0.4, 0.5) is 8.78 Å². The molecule has 5 rings (SSSR count). The van der Waals surface area contributed by atoms with E-state index in [4.69, 9.17) is 14.2 Å². The predicted octanol–water partition coefficient (Wildman–Crippen LogP) is 4.12. The molecule has 2 aliphatic rings. The molecule has 242 valence electrons. The third-order valence-electron chi connectivity index (χ3n) is 7.71. The maximum absolute atomic E-state index is 13.9. The van der Waals surface area contributed by atoms with Crippen molar-refractivity contribution in [2.75, 3.05) is 19.7 Å². The maximum Gasteiger partial charge on any atom is 0.387 e. The van der Waals surface area contributed by atoms with Crippen LogP contribution >= 0.6 is 0 Å². The zero-order valence-electron chi connectivity index (χ0n) is 25.9. The van der Waals surface area contributed by atoms with Crippen molar-refractivity contribution >= 4 is 28.6 Å². The molecule has 0 spiro atoms. The Morgan fingerprint density at radius 2 is 1.89 bits per heavy atom. The van der Waals surface area contributed by atoms with Gasteiger partial charge in [-0.3, -0.25) is 19.7 Å². The number of carbonyl (C=O) groups is 3. The molecule has 0 amide bonds. The lowest BCUT2D eigenvalue weighted by molar-refractivity contribution is -0.153. The van der Waals surface area contributed by atoms with E-state index in [0.717, 1.165) is 12.8 Å². The topological polar surface area (TPSA) is 130 Å². The average molecular weight is 629 g/mol. The number of esters is 2. The van der Waals surface area contributed by atoms with Crippen molar-refractivity contribution in [3.63, 3.8) is 0 Å². The first-order valence-corrected chi connectivity index (χ1v) is 15.1. The van der Waals surface area contributed by atoms with Crippen molar-refractivity contribution in [2.45, 2.75) is 84.3 Å². The number of alkyl halides is 2. The van der Waals surface area contributed by atoms with Crippen LogP contribution < -0.4 is 20.8 Å². The predicted molar refractivity (Wildman–Crippen MR) is 162 cm³/mol. The minimum atomic E-state index is -3.19. The first kappa shape index (κ1) is 32.3. The number of nitrogens with one attached hydrogen (secondary N) is 2. The largest absolute Gasteiger partial charge is 0.462 e. The zero-order chi connectivity index (χ0) is 32.6. The van der Waals surface area contributed by atoms with Crippen LogP contribution in [0.25, 0.3) is 22.0 Å². The van der Waals surface area contributed by atoms with Crippen LogP contribution in [0.5, 0.6) is 5.75 Å². The van der Waals surface area contributed by atoms with Gasteiger partial charge in [-0.15, -0.1) is 0 Å². The number of nitrogens with zero attached hydrogens (tertiary/aromatic N) is 2. The van der Waals surface area contributed by atoms with Crippen molar-refractivity contribution in [3.8, 4) is 16.9 Å². The van der Waals surface area contributed by atoms with Gasteiger partial charge in [0.15, 0.2) is 11.5 Å². The molecule has 45 heavy (non-hydrogen) atoms. The molecule has 11 nitrogen and oxygen atoms in total. The minimum Gasteiger partial charge on any atom is -0.462 e. The molecular formula is C32H38F2N4O7. The summed E-state index contributed by atoms with van der Waals surface area (Å²) in [6, 6.07) is 3.24. The van der Waals surface area contributed by atoms with Crippen LogP contribution in [0.15, 0.2) is 35.4 Å². The average Bonchev–Trinajstić information content (AvgIpc) is 3.72. The van der Waals surface area contributed by atoms with Crippen LogP contribution in [-0.4, -0.2) is 64.8 Å². The lowest BCUT2D eigenvalue weighted by Gasteiger charge is -2.27. The van der Waals surface area contributed by atoms with Gasteiger partial charge in [0, 0.05) is 48.3 Å². The number of Topliss-reactive ketones (excluding diaryl/α,β-unsaturated/α-hetero) is 1. The highest BCUT2D eigenvalue weighted by atomic mass is 19.3. The highest BCUT2D eigenvalue weighted by molar-refractivity contribution is 5.98. The Bertz CT molecular complexity index is 1690. The Kier molecular flexibility index (Phi) is 9.13. The van der Waals surface area contributed by atoms with Gasteiger partial charge >= 0.3 is 18.6 Å². The van der Waals surface area contributed by atoms with Crippen LogP contribution in [0.1, 0.15) is 75.6 Å². The van der Waals surface area contributed by atoms with Crippen molar-refractivity contribution in [2.24, 2.45) is 0 Å². The second-order valence-electron chi connectivity index (χ2n) is 12.3. The van der Waals surface area contributed by atoms with E-state index >= 15 is 0 Å². The Labute approximate surface area is 258 Å². The third-order valence-corrected chi connectivity index (χ3v) is 7.71. The summed E-state index contributed by atoms with van der Waals surface area (Å²) < 4.78 is 46.9. The number of hydrogen-bond acceptors (Lipinski definition) is 9. The SMILES string of the molecule is CCOC(=O)c1cn(C2CC2)c2c(OC(F)F)c(-c3cc4n(c3)CCNC4C(=O)C(C)NCC(=O)OC(C)(C)C)ccc2c1=O. The molecule has 2 atom stereocenters. The Morgan fingerprint density at radius 1 is 1.16 bits per heavy atom. The molecule has 3 aromatic rings. The number of rotatable bonds is 11. The third kappa shape index (κ3) is 6.94. The minimum absolute atomic E-state index is 0.0652. The first-order valence-electron chi connectivity index (χ1n) is 15.1. The van der Waals surface area contributed by atoms with Crippen molar-refractivity contribution in [3.05, 3.63) is 52.1 Å². The molecule has 1 saturated carbocycles. The number of aromatic nitrogens is 2. The standard InChI is InChI=1S/C32H38F2N4O7/c1-6-43-30(42)22-16-38(19-7-8-19)26-21(28(22)41)10-9-20(29(26)44-31(33)34)18-13-23-25(35-11-12-37(23)15-18)27(40)17(2)36-14-24(39)45-32(3,4)5/h9-10,13,15-17,19,25,31,35-36H,6-8,11-12,14H2,1-5H3. The Balaban J connectivity index is 1.53. The van der Waals surface area contributed by atoms with E-state index < -0.39 is 41.7 Å². The highest BCUT2D eigenvalue weighted by Gasteiger charge is 2.33. The Hall–Kier alpha value is -4.10. The molecule has 0 radical (unpaired) electrons. The van der Waals surface area contributed by atoms with E-state index in [-0.39, 0.29) is 47.2 Å². The van der Waals surface area contributed by atoms with E-state index in [1.165, 1.54) is 18.3 Å². The normalized spacial score (nSPS) is 17.2. The fraction of sp³-hybridized carbons (Fsp3) is 0.500. The van der Waals surface area contributed by atoms with Gasteiger partial charge in [-0.25, -0.2) is 4.79 Å². The van der Waals surface area contributed by atoms with Crippen LogP contribution in [0.2, 0.25) is 0 Å². The van der Waals surface area contributed by atoms with Crippen LogP contribution in [0, 0.1) is 0 Å². The van der Waals surface area contributed by atoms with E-state index in [9.17, 15) is 28.0 Å². The molecule has 3 heterocycles. The molecule has 0 bridgehead atoms. The molecule has 1 aliphatic heterocycles. The summed E-state index contributed by atoms with van der Waals surface area (Å²) in [5.41, 5.74) is 0.154. The number of pyridine rings is 1. The first-order chi connectivity index (χ1) is 21.3. The van der Waals surface area contributed by atoms with Gasteiger partial charge in [0.05, 0.1) is 30.1 Å². The molecule has 0 saturated heterocycles. The van der Waals surface area contributed by atoms with Crippen molar-refractivity contribution < 1.29 is 37.4 Å². The van der Waals surface area contributed by atoms with Crippen LogP contribution in [0.3, 0.4) is 0 Å². The fourth-order valence-electron chi connectivity index (χ4n) is 5.61. The van der Waals surface area contributed by atoms with Gasteiger partial charge in [0.1, 0.15) is 17.2 Å². The van der Waals surface area contributed by atoms with Gasteiger partial charge in [-0.1, -0.05) is 0 Å². The summed E-state index contributed by atoms with van der Waals surface area (Å²) in [5.74, 6) is -1.66. The Morgan fingerprint density at radius 3 is 2.53 bits per heavy atom. The molecular weight excluding hydrogens is 590 g/mol. The van der Waals surface area contributed by atoms with Crippen molar-refractivity contribution in [1.29, 1.82) is 0 Å². The highest BCUT2D eigenvalue weighted by Crippen LogP contribution is 2.44. The van der Waals surface area contributed by atoms with Gasteiger partial charge in [0.2, 0.25) is 5.43 Å². The lowest BCUT2D eigenvalue weighted by atomic mass is 9.99. The van der Waals surface area contributed by atoms with Gasteiger partial charge in [-0.05, 0) is 65.7 Å². The number of ketones is 1. The summed E-state index contributed by atoms with van der Waals surface area (Å²) in [6.45, 7) is 6.32. The molecule has 1 aromatic carbocycles. The smallest absolute Gasteiger partial charge is 0.387 e. The van der Waals surface area contributed by atoms with Crippen molar-refractivity contribution in [1.82, 2.24) is 19.8 Å². The number of fused-ring (bicyclic) bond motifs is 2. The molecule has 2 aromatic heterocycles. The number of benzene rings is 1. The molecule has 2 N–H and O–H groups in total. The van der Waals surface area contributed by atoms with E-state index in [2.05, 4.69) is 10.6 Å². The summed E-state index contributed by atoms with van der Waals surface area (Å²) in [6.07, 6.45) is 4.63. The summed E-state index contributed by atoms with van der Waals surface area (Å²) in [5, 5.41) is 6.22. The van der Waals surface area contributed by atoms with Crippen LogP contribution in [-0.2, 0) is 25.6 Å². The summed E-state index contributed by atoms with van der Waals surface area (Å²) in [4.78, 5) is 51.6. The van der Waals surface area contributed by atoms with Gasteiger partial charge in [-0.2, -0.15) is 8.78 Å².